The Morgan fingerprint density at radius 1 is 1.03 bits per heavy atom. The molecular weight excluding hydrogens is 441 g/mol. The van der Waals surface area contributed by atoms with Crippen molar-refractivity contribution in [2.45, 2.75) is 38.6 Å². The molecule has 0 saturated heterocycles. The van der Waals surface area contributed by atoms with Crippen molar-refractivity contribution in [3.63, 3.8) is 0 Å². The summed E-state index contributed by atoms with van der Waals surface area (Å²) in [5.41, 5.74) is 5.43. The fourth-order valence-electron chi connectivity index (χ4n) is 4.41. The Bertz CT molecular complexity index is 1360. The standard InChI is InChI=1S/C29H28FN3O2/c1-18(19-9-12-23(13-10-19)32-29(35)21-7-8-21)31-27(34)16-14-24-25-17-22(30)11-15-26(25)33-28(24)20-5-3-2-4-6-20/h2-6,9-13,15,17-18,21,33H,7-8,14,16H2,1H3,(H,31,34)(H,32,35). The number of fused-ring (bicyclic) bond motifs is 1. The van der Waals surface area contributed by atoms with E-state index in [-0.39, 0.29) is 36.0 Å². The minimum Gasteiger partial charge on any atom is -0.354 e. The molecule has 1 fully saturated rings. The Morgan fingerprint density at radius 3 is 2.49 bits per heavy atom. The number of hydrogen-bond acceptors (Lipinski definition) is 2. The third-order valence-electron chi connectivity index (χ3n) is 6.54. The van der Waals surface area contributed by atoms with Gasteiger partial charge in [0.15, 0.2) is 0 Å². The van der Waals surface area contributed by atoms with Gasteiger partial charge < -0.3 is 15.6 Å². The van der Waals surface area contributed by atoms with Gasteiger partial charge in [-0.05, 0) is 73.2 Å². The van der Waals surface area contributed by atoms with E-state index < -0.39 is 0 Å². The highest BCUT2D eigenvalue weighted by molar-refractivity contribution is 5.94. The summed E-state index contributed by atoms with van der Waals surface area (Å²) >= 11 is 0. The predicted octanol–water partition coefficient (Wildman–Crippen LogP) is 6.13. The number of amides is 2. The number of aromatic nitrogens is 1. The molecule has 3 aromatic carbocycles. The zero-order valence-electron chi connectivity index (χ0n) is 19.6. The molecule has 1 aromatic heterocycles. The molecule has 1 aliphatic carbocycles. The largest absolute Gasteiger partial charge is 0.354 e. The summed E-state index contributed by atoms with van der Waals surface area (Å²) in [6.45, 7) is 1.94. The van der Waals surface area contributed by atoms with Crippen molar-refractivity contribution in [2.75, 3.05) is 5.32 Å². The molecule has 1 atom stereocenters. The number of hydrogen-bond donors (Lipinski definition) is 3. The number of aromatic amines is 1. The van der Waals surface area contributed by atoms with E-state index in [1.165, 1.54) is 12.1 Å². The van der Waals surface area contributed by atoms with Gasteiger partial charge in [-0.1, -0.05) is 42.5 Å². The summed E-state index contributed by atoms with van der Waals surface area (Å²) in [6, 6.07) is 22.0. The number of halogens is 1. The van der Waals surface area contributed by atoms with Gasteiger partial charge in [0.05, 0.1) is 6.04 Å². The summed E-state index contributed by atoms with van der Waals surface area (Å²) < 4.78 is 14.0. The molecule has 2 amide bonds. The minimum atomic E-state index is -0.299. The predicted molar refractivity (Wildman–Crippen MR) is 136 cm³/mol. The Labute approximate surface area is 203 Å². The van der Waals surface area contributed by atoms with E-state index in [4.69, 9.17) is 0 Å². The lowest BCUT2D eigenvalue weighted by atomic mass is 10.0. The SMILES string of the molecule is CC(NC(=O)CCc1c(-c2ccccc2)[nH]c2ccc(F)cc12)c1ccc(NC(=O)C2CC2)cc1. The van der Waals surface area contributed by atoms with Gasteiger partial charge in [-0.2, -0.15) is 0 Å². The van der Waals surface area contributed by atoms with Crippen molar-refractivity contribution < 1.29 is 14.0 Å². The van der Waals surface area contributed by atoms with E-state index in [9.17, 15) is 14.0 Å². The average Bonchev–Trinajstić information content (AvgIpc) is 3.66. The van der Waals surface area contributed by atoms with Crippen LogP contribution in [0.2, 0.25) is 0 Å². The molecule has 6 heteroatoms. The maximum Gasteiger partial charge on any atom is 0.227 e. The van der Waals surface area contributed by atoms with Crippen molar-refractivity contribution in [1.29, 1.82) is 0 Å². The number of nitrogens with one attached hydrogen (secondary N) is 3. The van der Waals surface area contributed by atoms with Crippen LogP contribution in [0.4, 0.5) is 10.1 Å². The highest BCUT2D eigenvalue weighted by Gasteiger charge is 2.29. The molecule has 0 aliphatic heterocycles. The van der Waals surface area contributed by atoms with Gasteiger partial charge in [-0.25, -0.2) is 4.39 Å². The molecule has 0 bridgehead atoms. The van der Waals surface area contributed by atoms with E-state index in [0.717, 1.165) is 51.8 Å². The first kappa shape index (κ1) is 22.8. The molecule has 4 aromatic rings. The van der Waals surface area contributed by atoms with Crippen molar-refractivity contribution in [3.05, 3.63) is 89.7 Å². The second kappa shape index (κ2) is 9.74. The lowest BCUT2D eigenvalue weighted by molar-refractivity contribution is -0.121. The summed E-state index contributed by atoms with van der Waals surface area (Å²) in [6.07, 6.45) is 2.70. The quantitative estimate of drug-likeness (QED) is 0.290. The molecule has 0 radical (unpaired) electrons. The number of anilines is 1. The summed E-state index contributed by atoms with van der Waals surface area (Å²) in [7, 11) is 0. The van der Waals surface area contributed by atoms with Crippen LogP contribution < -0.4 is 10.6 Å². The van der Waals surface area contributed by atoms with Crippen LogP contribution in [-0.4, -0.2) is 16.8 Å². The van der Waals surface area contributed by atoms with Crippen molar-refractivity contribution in [1.82, 2.24) is 10.3 Å². The van der Waals surface area contributed by atoms with Crippen molar-refractivity contribution in [3.8, 4) is 11.3 Å². The van der Waals surface area contributed by atoms with Crippen LogP contribution in [0, 0.1) is 11.7 Å². The number of carbonyl (C=O) groups is 2. The summed E-state index contributed by atoms with van der Waals surface area (Å²) in [5, 5.41) is 6.78. The van der Waals surface area contributed by atoms with E-state index in [1.54, 1.807) is 6.07 Å². The van der Waals surface area contributed by atoms with E-state index >= 15 is 0 Å². The second-order valence-corrected chi connectivity index (χ2v) is 9.21. The monoisotopic (exact) mass is 469 g/mol. The third kappa shape index (κ3) is 5.27. The van der Waals surface area contributed by atoms with E-state index in [2.05, 4.69) is 15.6 Å². The maximum absolute atomic E-state index is 14.0. The third-order valence-corrected chi connectivity index (χ3v) is 6.54. The molecule has 1 unspecified atom stereocenters. The van der Waals surface area contributed by atoms with Crippen LogP contribution in [0.25, 0.3) is 22.2 Å². The van der Waals surface area contributed by atoms with Crippen LogP contribution in [0.5, 0.6) is 0 Å². The zero-order chi connectivity index (χ0) is 24.4. The number of H-pyrrole nitrogens is 1. The molecule has 3 N–H and O–H groups in total. The molecule has 5 nitrogen and oxygen atoms in total. The highest BCUT2D eigenvalue weighted by Crippen LogP contribution is 2.32. The van der Waals surface area contributed by atoms with Gasteiger partial charge in [0, 0.05) is 34.6 Å². The Balaban J connectivity index is 1.26. The van der Waals surface area contributed by atoms with Crippen LogP contribution in [0.15, 0.2) is 72.8 Å². The zero-order valence-corrected chi connectivity index (χ0v) is 19.6. The molecular formula is C29H28FN3O2. The number of benzene rings is 3. The van der Waals surface area contributed by atoms with Crippen LogP contribution in [-0.2, 0) is 16.0 Å². The first-order chi connectivity index (χ1) is 17.0. The molecule has 5 rings (SSSR count). The normalized spacial score (nSPS) is 14.0. The minimum absolute atomic E-state index is 0.0751. The number of rotatable bonds is 8. The fraction of sp³-hybridized carbons (Fsp3) is 0.241. The topological polar surface area (TPSA) is 74.0 Å². The first-order valence-corrected chi connectivity index (χ1v) is 12.0. The van der Waals surface area contributed by atoms with Crippen LogP contribution in [0.3, 0.4) is 0 Å². The Kier molecular flexibility index (Phi) is 6.36. The maximum atomic E-state index is 14.0. The molecule has 1 heterocycles. The molecule has 0 spiro atoms. The lowest BCUT2D eigenvalue weighted by Crippen LogP contribution is -2.26. The van der Waals surface area contributed by atoms with Gasteiger partial charge in [0.2, 0.25) is 11.8 Å². The van der Waals surface area contributed by atoms with Gasteiger partial charge in [-0.3, -0.25) is 9.59 Å². The Morgan fingerprint density at radius 2 is 1.77 bits per heavy atom. The summed E-state index contributed by atoms with van der Waals surface area (Å²) in [4.78, 5) is 28.1. The van der Waals surface area contributed by atoms with Gasteiger partial charge in [-0.15, -0.1) is 0 Å². The number of aryl methyl sites for hydroxylation is 1. The molecule has 1 saturated carbocycles. The average molecular weight is 470 g/mol. The first-order valence-electron chi connectivity index (χ1n) is 12.0. The molecule has 178 valence electrons. The van der Waals surface area contributed by atoms with E-state index in [0.29, 0.717) is 6.42 Å². The van der Waals surface area contributed by atoms with Gasteiger partial charge in [0.1, 0.15) is 5.82 Å². The van der Waals surface area contributed by atoms with Crippen LogP contribution >= 0.6 is 0 Å². The number of carbonyl (C=O) groups excluding carboxylic acids is 2. The smallest absolute Gasteiger partial charge is 0.227 e. The van der Waals surface area contributed by atoms with Crippen molar-refractivity contribution >= 4 is 28.4 Å². The van der Waals surface area contributed by atoms with Gasteiger partial charge in [0.25, 0.3) is 0 Å². The van der Waals surface area contributed by atoms with Crippen molar-refractivity contribution in [2.24, 2.45) is 5.92 Å². The summed E-state index contributed by atoms with van der Waals surface area (Å²) in [5.74, 6) is -0.143. The van der Waals surface area contributed by atoms with Gasteiger partial charge >= 0.3 is 0 Å². The molecule has 1 aliphatic rings. The fourth-order valence-corrected chi connectivity index (χ4v) is 4.41. The second-order valence-electron chi connectivity index (χ2n) is 9.21. The highest BCUT2D eigenvalue weighted by atomic mass is 19.1. The van der Waals surface area contributed by atoms with E-state index in [1.807, 2.05) is 61.5 Å². The molecule has 35 heavy (non-hydrogen) atoms. The Hall–Kier alpha value is -3.93. The van der Waals surface area contributed by atoms with Crippen LogP contribution in [0.1, 0.15) is 43.4 Å². The lowest BCUT2D eigenvalue weighted by Gasteiger charge is -2.15.